The number of benzene rings is 1. The topological polar surface area (TPSA) is 58.6 Å². The molecule has 0 aliphatic heterocycles. The second-order valence-corrected chi connectivity index (χ2v) is 5.15. The van der Waals surface area contributed by atoms with Crippen LogP contribution in [0, 0.1) is 0 Å². The largest absolute Gasteiger partial charge is 0.493 e. The van der Waals surface area contributed by atoms with Gasteiger partial charge in [-0.2, -0.15) is 13.2 Å². The molecular formula is C16H22F3NO3. The van der Waals surface area contributed by atoms with E-state index in [0.29, 0.717) is 12.8 Å². The number of hydrogen-bond acceptors (Lipinski definition) is 3. The lowest BCUT2D eigenvalue weighted by Crippen LogP contribution is -2.17. The quantitative estimate of drug-likeness (QED) is 0.606. The van der Waals surface area contributed by atoms with Crippen LogP contribution in [-0.2, 0) is 11.0 Å². The molecule has 4 nitrogen and oxygen atoms in total. The molecule has 1 rings (SSSR count). The van der Waals surface area contributed by atoms with E-state index < -0.39 is 17.7 Å². The molecule has 1 aromatic rings. The van der Waals surface area contributed by atoms with Gasteiger partial charge in [-0.05, 0) is 50.9 Å². The van der Waals surface area contributed by atoms with Gasteiger partial charge in [0.15, 0.2) is 0 Å². The summed E-state index contributed by atoms with van der Waals surface area (Å²) >= 11 is 0. The molecule has 0 atom stereocenters. The molecule has 7 heteroatoms. The van der Waals surface area contributed by atoms with Crippen LogP contribution >= 0.6 is 0 Å². The molecule has 0 saturated carbocycles. The van der Waals surface area contributed by atoms with Crippen LogP contribution in [0.2, 0.25) is 0 Å². The molecule has 23 heavy (non-hydrogen) atoms. The van der Waals surface area contributed by atoms with Crippen LogP contribution in [0.1, 0.15) is 37.7 Å². The van der Waals surface area contributed by atoms with Crippen molar-refractivity contribution < 1.29 is 27.8 Å². The summed E-state index contributed by atoms with van der Waals surface area (Å²) in [4.78, 5) is 10.3. The van der Waals surface area contributed by atoms with Gasteiger partial charge in [-0.25, -0.2) is 0 Å². The van der Waals surface area contributed by atoms with E-state index in [9.17, 15) is 18.0 Å². The van der Waals surface area contributed by atoms with Crippen molar-refractivity contribution in [2.45, 2.75) is 38.3 Å². The van der Waals surface area contributed by atoms with E-state index in [1.165, 1.54) is 18.2 Å². The maximum atomic E-state index is 12.7. The lowest BCUT2D eigenvalue weighted by atomic mass is 10.2. The Kier molecular flexibility index (Phi) is 8.47. The molecule has 0 aliphatic rings. The smallest absolute Gasteiger partial charge is 0.419 e. The van der Waals surface area contributed by atoms with Crippen LogP contribution in [-0.4, -0.2) is 30.8 Å². The second kappa shape index (κ2) is 10.1. The second-order valence-electron chi connectivity index (χ2n) is 5.15. The van der Waals surface area contributed by atoms with Crippen LogP contribution in [0.15, 0.2) is 24.3 Å². The molecule has 0 bridgehead atoms. The van der Waals surface area contributed by atoms with Crippen molar-refractivity contribution in [1.82, 2.24) is 5.32 Å². The number of alkyl halides is 3. The number of halogens is 3. The van der Waals surface area contributed by atoms with Gasteiger partial charge < -0.3 is 15.2 Å². The maximum absolute atomic E-state index is 12.7. The number of carboxylic acid groups (broad SMARTS) is 1. The number of nitrogens with one attached hydrogen (secondary N) is 1. The van der Waals surface area contributed by atoms with Crippen molar-refractivity contribution in [3.8, 4) is 5.75 Å². The summed E-state index contributed by atoms with van der Waals surface area (Å²) in [6.45, 7) is 1.70. The predicted octanol–water partition coefficient (Wildman–Crippen LogP) is 3.71. The van der Waals surface area contributed by atoms with Gasteiger partial charge >= 0.3 is 12.1 Å². The molecule has 0 radical (unpaired) electrons. The lowest BCUT2D eigenvalue weighted by molar-refractivity contribution is -0.139. The van der Waals surface area contributed by atoms with E-state index >= 15 is 0 Å². The molecule has 0 aromatic heterocycles. The van der Waals surface area contributed by atoms with Crippen LogP contribution in [0.4, 0.5) is 13.2 Å². The fraction of sp³-hybridized carbons (Fsp3) is 0.562. The fourth-order valence-corrected chi connectivity index (χ4v) is 2.01. The molecule has 2 N–H and O–H groups in total. The SMILES string of the molecule is O=C(O)CCCCNCCCCOc1ccccc1C(F)(F)F. The third-order valence-corrected chi connectivity index (χ3v) is 3.19. The minimum Gasteiger partial charge on any atom is -0.493 e. The zero-order chi connectivity index (χ0) is 17.1. The number of para-hydroxylation sites is 1. The highest BCUT2D eigenvalue weighted by atomic mass is 19.4. The Morgan fingerprint density at radius 1 is 1.09 bits per heavy atom. The van der Waals surface area contributed by atoms with E-state index in [1.54, 1.807) is 0 Å². The summed E-state index contributed by atoms with van der Waals surface area (Å²) in [5, 5.41) is 11.6. The number of rotatable bonds is 11. The number of ether oxygens (including phenoxy) is 1. The van der Waals surface area contributed by atoms with Gasteiger partial charge in [-0.3, -0.25) is 4.79 Å². The van der Waals surface area contributed by atoms with Crippen LogP contribution in [0.5, 0.6) is 5.75 Å². The number of unbranched alkanes of at least 4 members (excludes halogenated alkanes) is 2. The van der Waals surface area contributed by atoms with Crippen molar-refractivity contribution in [2.24, 2.45) is 0 Å². The zero-order valence-corrected chi connectivity index (χ0v) is 12.9. The van der Waals surface area contributed by atoms with Gasteiger partial charge in [0.2, 0.25) is 0 Å². The average Bonchev–Trinajstić information content (AvgIpc) is 2.48. The van der Waals surface area contributed by atoms with Crippen LogP contribution in [0.25, 0.3) is 0 Å². The molecule has 1 aromatic carbocycles. The zero-order valence-electron chi connectivity index (χ0n) is 12.9. The number of carboxylic acids is 1. The molecule has 0 fully saturated rings. The van der Waals surface area contributed by atoms with Gasteiger partial charge in [0.1, 0.15) is 5.75 Å². The number of carbonyl (C=O) groups is 1. The number of aliphatic carboxylic acids is 1. The Labute approximate surface area is 133 Å². The van der Waals surface area contributed by atoms with Crippen molar-refractivity contribution in [2.75, 3.05) is 19.7 Å². The summed E-state index contributed by atoms with van der Waals surface area (Å²) in [6, 6.07) is 5.19. The van der Waals surface area contributed by atoms with Crippen LogP contribution < -0.4 is 10.1 Å². The van der Waals surface area contributed by atoms with Crippen molar-refractivity contribution in [1.29, 1.82) is 0 Å². The summed E-state index contributed by atoms with van der Waals surface area (Å²) in [5.41, 5.74) is -0.753. The fourth-order valence-electron chi connectivity index (χ4n) is 2.01. The minimum atomic E-state index is -4.41. The normalized spacial score (nSPS) is 11.4. The highest BCUT2D eigenvalue weighted by molar-refractivity contribution is 5.66. The van der Waals surface area contributed by atoms with Crippen molar-refractivity contribution in [3.05, 3.63) is 29.8 Å². The highest BCUT2D eigenvalue weighted by Gasteiger charge is 2.33. The van der Waals surface area contributed by atoms with Crippen molar-refractivity contribution in [3.63, 3.8) is 0 Å². The van der Waals surface area contributed by atoms with Crippen molar-refractivity contribution >= 4 is 5.97 Å². The molecular weight excluding hydrogens is 311 g/mol. The summed E-state index contributed by atoms with van der Waals surface area (Å²) in [5.74, 6) is -0.928. The Hall–Kier alpha value is -1.76. The minimum absolute atomic E-state index is 0.137. The molecule has 0 aliphatic carbocycles. The first-order chi connectivity index (χ1) is 10.9. The van der Waals surface area contributed by atoms with E-state index in [0.717, 1.165) is 32.0 Å². The van der Waals surface area contributed by atoms with Gasteiger partial charge in [0, 0.05) is 6.42 Å². The molecule has 0 amide bonds. The third kappa shape index (κ3) is 8.44. The van der Waals surface area contributed by atoms with E-state index in [-0.39, 0.29) is 18.8 Å². The first-order valence-corrected chi connectivity index (χ1v) is 7.63. The van der Waals surface area contributed by atoms with E-state index in [1.807, 2.05) is 0 Å². The Morgan fingerprint density at radius 2 is 1.74 bits per heavy atom. The third-order valence-electron chi connectivity index (χ3n) is 3.19. The molecule has 0 saturated heterocycles. The molecule has 130 valence electrons. The average molecular weight is 333 g/mol. The van der Waals surface area contributed by atoms with E-state index in [2.05, 4.69) is 5.32 Å². The lowest BCUT2D eigenvalue weighted by Gasteiger charge is -2.13. The van der Waals surface area contributed by atoms with Gasteiger partial charge in [0.25, 0.3) is 0 Å². The number of hydrogen-bond donors (Lipinski definition) is 2. The van der Waals surface area contributed by atoms with Gasteiger partial charge in [0.05, 0.1) is 12.2 Å². The Bertz CT molecular complexity index is 478. The first-order valence-electron chi connectivity index (χ1n) is 7.63. The van der Waals surface area contributed by atoms with Crippen LogP contribution in [0.3, 0.4) is 0 Å². The van der Waals surface area contributed by atoms with Gasteiger partial charge in [-0.15, -0.1) is 0 Å². The molecule has 0 heterocycles. The molecule has 0 spiro atoms. The van der Waals surface area contributed by atoms with E-state index in [4.69, 9.17) is 9.84 Å². The summed E-state index contributed by atoms with van der Waals surface area (Å²) in [7, 11) is 0. The Balaban J connectivity index is 2.11. The highest BCUT2D eigenvalue weighted by Crippen LogP contribution is 2.35. The Morgan fingerprint density at radius 3 is 2.39 bits per heavy atom. The maximum Gasteiger partial charge on any atom is 0.419 e. The summed E-state index contributed by atoms with van der Waals surface area (Å²) < 4.78 is 43.5. The monoisotopic (exact) mass is 333 g/mol. The van der Waals surface area contributed by atoms with Gasteiger partial charge in [-0.1, -0.05) is 12.1 Å². The molecule has 0 unspecified atom stereocenters. The summed E-state index contributed by atoms with van der Waals surface area (Å²) in [6.07, 6.45) is -1.37. The predicted molar refractivity (Wildman–Crippen MR) is 80.5 cm³/mol. The standard InChI is InChI=1S/C16H22F3NO3/c17-16(18,19)13-7-1-2-8-14(13)23-12-6-5-11-20-10-4-3-9-15(21)22/h1-2,7-8,20H,3-6,9-12H2,(H,21,22). The first kappa shape index (κ1) is 19.3.